The predicted molar refractivity (Wildman–Crippen MR) is 92.4 cm³/mol. The third kappa shape index (κ3) is 4.18. The van der Waals surface area contributed by atoms with E-state index >= 15 is 0 Å². The minimum Gasteiger partial charge on any atom is -0.343 e. The molecule has 3 aliphatic rings. The molecular formula is C17H30ClN3O2. The molecule has 0 radical (unpaired) electrons. The number of halogens is 1. The molecule has 0 aromatic heterocycles. The molecule has 2 saturated heterocycles. The lowest BCUT2D eigenvalue weighted by molar-refractivity contribution is -0.138. The van der Waals surface area contributed by atoms with Gasteiger partial charge in [0.1, 0.15) is 0 Å². The van der Waals surface area contributed by atoms with E-state index in [1.54, 1.807) is 0 Å². The largest absolute Gasteiger partial charge is 0.343 e. The van der Waals surface area contributed by atoms with E-state index in [1.165, 1.54) is 0 Å². The van der Waals surface area contributed by atoms with Crippen LogP contribution in [-0.2, 0) is 9.59 Å². The Balaban J connectivity index is 0.00000192. The van der Waals surface area contributed by atoms with Crippen molar-refractivity contribution in [3.8, 4) is 0 Å². The van der Waals surface area contributed by atoms with E-state index in [0.29, 0.717) is 18.2 Å². The van der Waals surface area contributed by atoms with Crippen LogP contribution in [0.2, 0.25) is 0 Å². The maximum Gasteiger partial charge on any atom is 0.242 e. The zero-order valence-electron chi connectivity index (χ0n) is 14.0. The van der Waals surface area contributed by atoms with Crippen molar-refractivity contribution in [1.82, 2.24) is 9.80 Å². The molecule has 2 N–H and O–H groups in total. The molecule has 6 heteroatoms. The van der Waals surface area contributed by atoms with Crippen molar-refractivity contribution in [3.63, 3.8) is 0 Å². The molecule has 1 saturated carbocycles. The quantitative estimate of drug-likeness (QED) is 0.851. The second kappa shape index (κ2) is 7.84. The van der Waals surface area contributed by atoms with Crippen LogP contribution in [-0.4, -0.2) is 53.3 Å². The Morgan fingerprint density at radius 3 is 2.04 bits per heavy atom. The number of carbonyl (C=O) groups excluding carboxylic acids is 2. The summed E-state index contributed by atoms with van der Waals surface area (Å²) in [6.45, 7) is 3.42. The Kier molecular flexibility index (Phi) is 6.32. The fraction of sp³-hybridized carbons (Fsp3) is 0.882. The Morgan fingerprint density at radius 2 is 1.48 bits per heavy atom. The van der Waals surface area contributed by atoms with Crippen LogP contribution in [0, 0.1) is 5.92 Å². The first kappa shape index (κ1) is 18.5. The van der Waals surface area contributed by atoms with Crippen LogP contribution in [0.15, 0.2) is 0 Å². The third-order valence-electron chi connectivity index (χ3n) is 5.75. The molecule has 3 rings (SSSR count). The van der Waals surface area contributed by atoms with Crippen LogP contribution in [0.4, 0.5) is 0 Å². The highest BCUT2D eigenvalue weighted by atomic mass is 35.5. The number of nitrogens with two attached hydrogens (primary N) is 1. The number of likely N-dealkylation sites (tertiary alicyclic amines) is 2. The zero-order chi connectivity index (χ0) is 15.6. The molecule has 0 spiro atoms. The molecule has 2 heterocycles. The van der Waals surface area contributed by atoms with Gasteiger partial charge in [-0.3, -0.25) is 9.59 Å². The number of rotatable bonds is 3. The van der Waals surface area contributed by atoms with Gasteiger partial charge in [-0.25, -0.2) is 0 Å². The van der Waals surface area contributed by atoms with Crippen molar-refractivity contribution in [2.45, 2.75) is 63.3 Å². The normalized spacial score (nSPS) is 24.6. The maximum absolute atomic E-state index is 12.6. The first-order chi connectivity index (χ1) is 10.6. The fourth-order valence-corrected chi connectivity index (χ4v) is 4.22. The summed E-state index contributed by atoms with van der Waals surface area (Å²) in [6, 6.07) is 0. The van der Waals surface area contributed by atoms with Gasteiger partial charge in [0.2, 0.25) is 11.8 Å². The number of hydrogen-bond acceptors (Lipinski definition) is 3. The lowest BCUT2D eigenvalue weighted by Gasteiger charge is -2.37. The molecular weight excluding hydrogens is 314 g/mol. The summed E-state index contributed by atoms with van der Waals surface area (Å²) in [5.74, 6) is 0.900. The number of piperidine rings is 1. The van der Waals surface area contributed by atoms with Crippen molar-refractivity contribution in [2.75, 3.05) is 26.2 Å². The Morgan fingerprint density at radius 1 is 0.913 bits per heavy atom. The minimum atomic E-state index is -0.599. The molecule has 0 bridgehead atoms. The molecule has 0 aromatic rings. The molecule has 132 valence electrons. The Hall–Kier alpha value is -0.810. The van der Waals surface area contributed by atoms with Crippen LogP contribution in [0.25, 0.3) is 0 Å². The van der Waals surface area contributed by atoms with E-state index < -0.39 is 5.54 Å². The van der Waals surface area contributed by atoms with Crippen LogP contribution < -0.4 is 5.73 Å². The molecule has 1 aliphatic carbocycles. The average molecular weight is 344 g/mol. The third-order valence-corrected chi connectivity index (χ3v) is 5.75. The summed E-state index contributed by atoms with van der Waals surface area (Å²) in [4.78, 5) is 28.8. The van der Waals surface area contributed by atoms with Crippen LogP contribution >= 0.6 is 12.4 Å². The van der Waals surface area contributed by atoms with Gasteiger partial charge >= 0.3 is 0 Å². The van der Waals surface area contributed by atoms with Crippen molar-refractivity contribution in [1.29, 1.82) is 0 Å². The van der Waals surface area contributed by atoms with Gasteiger partial charge in [-0.15, -0.1) is 12.4 Å². The van der Waals surface area contributed by atoms with E-state index in [0.717, 1.165) is 77.5 Å². The van der Waals surface area contributed by atoms with Crippen LogP contribution in [0.3, 0.4) is 0 Å². The van der Waals surface area contributed by atoms with E-state index in [1.807, 2.05) is 9.80 Å². The molecule has 23 heavy (non-hydrogen) atoms. The van der Waals surface area contributed by atoms with Crippen LogP contribution in [0.5, 0.6) is 0 Å². The summed E-state index contributed by atoms with van der Waals surface area (Å²) in [6.07, 6.45) is 8.66. The van der Waals surface area contributed by atoms with E-state index in [-0.39, 0.29) is 18.3 Å². The highest BCUT2D eigenvalue weighted by molar-refractivity contribution is 5.86. The predicted octanol–water partition coefficient (Wildman–Crippen LogP) is 1.93. The lowest BCUT2D eigenvalue weighted by Crippen LogP contribution is -2.55. The number of carbonyl (C=O) groups is 2. The summed E-state index contributed by atoms with van der Waals surface area (Å²) < 4.78 is 0. The van der Waals surface area contributed by atoms with Gasteiger partial charge in [0, 0.05) is 32.6 Å². The highest BCUT2D eigenvalue weighted by Gasteiger charge is 2.40. The molecule has 2 amide bonds. The van der Waals surface area contributed by atoms with E-state index in [9.17, 15) is 9.59 Å². The zero-order valence-corrected chi connectivity index (χ0v) is 14.8. The maximum atomic E-state index is 12.6. The second-order valence-electron chi connectivity index (χ2n) is 7.39. The molecule has 2 aliphatic heterocycles. The van der Waals surface area contributed by atoms with Crippen LogP contribution in [0.1, 0.15) is 57.8 Å². The van der Waals surface area contributed by atoms with Gasteiger partial charge in [-0.1, -0.05) is 12.8 Å². The minimum absolute atomic E-state index is 0. The van der Waals surface area contributed by atoms with E-state index in [4.69, 9.17) is 5.73 Å². The molecule has 0 atom stereocenters. The van der Waals surface area contributed by atoms with Gasteiger partial charge in [0.25, 0.3) is 0 Å². The van der Waals surface area contributed by atoms with Crippen molar-refractivity contribution in [3.05, 3.63) is 0 Å². The Labute approximate surface area is 145 Å². The SMILES string of the molecule is Cl.NC1(C(=O)N2CCC(CC(=O)N3CCCC3)CC2)CCCC1. The van der Waals surface area contributed by atoms with Gasteiger partial charge in [0.15, 0.2) is 0 Å². The monoisotopic (exact) mass is 343 g/mol. The van der Waals surface area contributed by atoms with Gasteiger partial charge in [-0.05, 0) is 44.4 Å². The van der Waals surface area contributed by atoms with Gasteiger partial charge in [-0.2, -0.15) is 0 Å². The Bertz CT molecular complexity index is 424. The fourth-order valence-electron chi connectivity index (χ4n) is 4.22. The molecule has 0 unspecified atom stereocenters. The number of hydrogen-bond donors (Lipinski definition) is 1. The van der Waals surface area contributed by atoms with Gasteiger partial charge < -0.3 is 15.5 Å². The summed E-state index contributed by atoms with van der Waals surface area (Å²) in [5.41, 5.74) is 5.68. The standard InChI is InChI=1S/C17H29N3O2.ClH/c18-17(7-1-2-8-17)16(22)20-11-5-14(6-12-20)13-15(21)19-9-3-4-10-19;/h14H,1-13,18H2;1H. The first-order valence-electron chi connectivity index (χ1n) is 8.94. The van der Waals surface area contributed by atoms with E-state index in [2.05, 4.69) is 0 Å². The topological polar surface area (TPSA) is 66.6 Å². The van der Waals surface area contributed by atoms with Crippen molar-refractivity contribution in [2.24, 2.45) is 11.7 Å². The number of nitrogens with zero attached hydrogens (tertiary/aromatic N) is 2. The summed E-state index contributed by atoms with van der Waals surface area (Å²) in [5, 5.41) is 0. The van der Waals surface area contributed by atoms with Crippen molar-refractivity contribution >= 4 is 24.2 Å². The molecule has 3 fully saturated rings. The summed E-state index contributed by atoms with van der Waals surface area (Å²) in [7, 11) is 0. The molecule has 5 nitrogen and oxygen atoms in total. The second-order valence-corrected chi connectivity index (χ2v) is 7.39. The smallest absolute Gasteiger partial charge is 0.242 e. The highest BCUT2D eigenvalue weighted by Crippen LogP contribution is 2.31. The number of amides is 2. The summed E-state index contributed by atoms with van der Waals surface area (Å²) >= 11 is 0. The lowest BCUT2D eigenvalue weighted by atomic mass is 9.90. The molecule has 0 aromatic carbocycles. The van der Waals surface area contributed by atoms with Crippen molar-refractivity contribution < 1.29 is 9.59 Å². The average Bonchev–Trinajstić information content (AvgIpc) is 3.19. The van der Waals surface area contributed by atoms with Gasteiger partial charge in [0.05, 0.1) is 5.54 Å². The first-order valence-corrected chi connectivity index (χ1v) is 8.94.